The molecule has 10 rings (SSSR count). The summed E-state index contributed by atoms with van der Waals surface area (Å²) < 4.78 is 2.68. The van der Waals surface area contributed by atoms with Crippen molar-refractivity contribution in [3.63, 3.8) is 0 Å². The zero-order valence-corrected chi connectivity index (χ0v) is 27.3. The van der Waals surface area contributed by atoms with Crippen molar-refractivity contribution >= 4 is 64.1 Å². The van der Waals surface area contributed by atoms with Crippen molar-refractivity contribution < 1.29 is 0 Å². The van der Waals surface area contributed by atoms with E-state index in [2.05, 4.69) is 163 Å². The third-order valence-electron chi connectivity index (χ3n) is 9.77. The summed E-state index contributed by atoms with van der Waals surface area (Å²) in [6.07, 6.45) is 3.56. The molecule has 0 unspecified atom stereocenters. The molecule has 0 bridgehead atoms. The fourth-order valence-electron chi connectivity index (χ4n) is 7.38. The third kappa shape index (κ3) is 4.62. The average Bonchev–Trinajstić information content (AvgIpc) is 3.57. The molecule has 0 aliphatic heterocycles. The minimum Gasteiger partial charge on any atom is -0.252 e. The van der Waals surface area contributed by atoms with Crippen LogP contribution in [0.1, 0.15) is 0 Å². The molecule has 0 spiro atoms. The molecule has 2 heterocycles. The molecule has 0 saturated heterocycles. The quantitative estimate of drug-likeness (QED) is 0.179. The standard InChI is InChI=1S/C46H28N2S/c1-2-14-39-37(12-1)42-28-34(22-23-40(42)45-44(39)47-24-25-48-45)33-10-5-8-31(26-33)29-18-20-30(21-19-29)32-9-6-11-35(27-32)36-15-7-16-41-38-13-3-4-17-43(38)49-46(36)41/h1-28H. The number of hydrogen-bond donors (Lipinski definition) is 0. The van der Waals surface area contributed by atoms with E-state index in [1.165, 1.54) is 75.5 Å². The Morgan fingerprint density at radius 2 is 0.837 bits per heavy atom. The van der Waals surface area contributed by atoms with Gasteiger partial charge in [0.2, 0.25) is 0 Å². The van der Waals surface area contributed by atoms with Crippen LogP contribution in [0.15, 0.2) is 170 Å². The summed E-state index contributed by atoms with van der Waals surface area (Å²) in [5.74, 6) is 0. The molecule has 2 aromatic heterocycles. The molecule has 0 amide bonds. The van der Waals surface area contributed by atoms with Gasteiger partial charge in [0.25, 0.3) is 0 Å². The molecule has 8 aromatic carbocycles. The van der Waals surface area contributed by atoms with E-state index in [1.807, 2.05) is 11.3 Å². The lowest BCUT2D eigenvalue weighted by Crippen LogP contribution is -1.89. The smallest absolute Gasteiger partial charge is 0.0971 e. The SMILES string of the molecule is c1cc(-c2ccc(-c3cccc(-c4cccc5c4sc4ccccc45)c3)cc2)cc(-c2ccc3c(c2)c2ccccc2c2nccnc32)c1. The van der Waals surface area contributed by atoms with Crippen LogP contribution in [0.4, 0.5) is 0 Å². The number of nitrogens with zero attached hydrogens (tertiary/aromatic N) is 2. The highest BCUT2D eigenvalue weighted by atomic mass is 32.1. The van der Waals surface area contributed by atoms with E-state index in [9.17, 15) is 0 Å². The molecule has 228 valence electrons. The first-order chi connectivity index (χ1) is 24.3. The fourth-order valence-corrected chi connectivity index (χ4v) is 8.62. The molecule has 0 fully saturated rings. The molecule has 49 heavy (non-hydrogen) atoms. The summed E-state index contributed by atoms with van der Waals surface area (Å²) in [5, 5.41) is 7.31. The number of hydrogen-bond acceptors (Lipinski definition) is 3. The van der Waals surface area contributed by atoms with E-state index in [4.69, 9.17) is 4.98 Å². The Labute approximate surface area is 287 Å². The predicted octanol–water partition coefficient (Wildman–Crippen LogP) is 13.0. The molecule has 0 atom stereocenters. The maximum Gasteiger partial charge on any atom is 0.0971 e. The molecule has 0 aliphatic rings. The van der Waals surface area contributed by atoms with E-state index >= 15 is 0 Å². The molecule has 3 heteroatoms. The molecule has 10 aromatic rings. The summed E-state index contributed by atoms with van der Waals surface area (Å²) in [6, 6.07) is 57.4. The van der Waals surface area contributed by atoms with Crippen molar-refractivity contribution in [2.45, 2.75) is 0 Å². The largest absolute Gasteiger partial charge is 0.252 e. The molecule has 0 saturated carbocycles. The van der Waals surface area contributed by atoms with E-state index in [-0.39, 0.29) is 0 Å². The van der Waals surface area contributed by atoms with Crippen molar-refractivity contribution in [1.82, 2.24) is 9.97 Å². The molecule has 0 N–H and O–H groups in total. The van der Waals surface area contributed by atoms with Gasteiger partial charge in [0.1, 0.15) is 0 Å². The second-order valence-corrected chi connectivity index (χ2v) is 13.6. The van der Waals surface area contributed by atoms with Crippen LogP contribution >= 0.6 is 11.3 Å². The van der Waals surface area contributed by atoms with Crippen LogP contribution < -0.4 is 0 Å². The van der Waals surface area contributed by atoms with Crippen molar-refractivity contribution in [1.29, 1.82) is 0 Å². The average molecular weight is 641 g/mol. The maximum atomic E-state index is 4.72. The molecule has 2 nitrogen and oxygen atoms in total. The number of benzene rings is 8. The summed E-state index contributed by atoms with van der Waals surface area (Å²) in [4.78, 5) is 9.41. The van der Waals surface area contributed by atoms with E-state index in [0.717, 1.165) is 21.8 Å². The van der Waals surface area contributed by atoms with Crippen LogP contribution in [0, 0.1) is 0 Å². The zero-order chi connectivity index (χ0) is 32.3. The molecular formula is C46H28N2S. The Bertz CT molecular complexity index is 2850. The van der Waals surface area contributed by atoms with Crippen LogP contribution in [-0.2, 0) is 0 Å². The highest BCUT2D eigenvalue weighted by Gasteiger charge is 2.13. The third-order valence-corrected chi connectivity index (χ3v) is 11.0. The lowest BCUT2D eigenvalue weighted by atomic mass is 9.93. The van der Waals surface area contributed by atoms with Crippen LogP contribution in [0.25, 0.3) is 97.3 Å². The number of fused-ring (bicyclic) bond motifs is 9. The van der Waals surface area contributed by atoms with Gasteiger partial charge in [0.05, 0.1) is 11.0 Å². The predicted molar refractivity (Wildman–Crippen MR) is 209 cm³/mol. The highest BCUT2D eigenvalue weighted by molar-refractivity contribution is 7.26. The second kappa shape index (κ2) is 11.2. The highest BCUT2D eigenvalue weighted by Crippen LogP contribution is 2.41. The number of thiophene rings is 1. The van der Waals surface area contributed by atoms with Gasteiger partial charge in [0.15, 0.2) is 0 Å². The van der Waals surface area contributed by atoms with Gasteiger partial charge >= 0.3 is 0 Å². The first kappa shape index (κ1) is 27.9. The summed E-state index contributed by atoms with van der Waals surface area (Å²) >= 11 is 1.88. The van der Waals surface area contributed by atoms with Gasteiger partial charge in [-0.3, -0.25) is 9.97 Å². The molecule has 0 radical (unpaired) electrons. The lowest BCUT2D eigenvalue weighted by Gasteiger charge is -2.12. The van der Waals surface area contributed by atoms with E-state index in [1.54, 1.807) is 12.4 Å². The van der Waals surface area contributed by atoms with Crippen LogP contribution in [-0.4, -0.2) is 9.97 Å². The van der Waals surface area contributed by atoms with Gasteiger partial charge in [-0.2, -0.15) is 0 Å². The van der Waals surface area contributed by atoms with Crippen molar-refractivity contribution in [3.8, 4) is 44.5 Å². The number of aromatic nitrogens is 2. The minimum atomic E-state index is 0.944. The lowest BCUT2D eigenvalue weighted by molar-refractivity contribution is 1.31. The summed E-state index contributed by atoms with van der Waals surface area (Å²) in [6.45, 7) is 0. The first-order valence-electron chi connectivity index (χ1n) is 16.6. The number of rotatable bonds is 4. The Kier molecular flexibility index (Phi) is 6.39. The molecular weight excluding hydrogens is 613 g/mol. The van der Waals surface area contributed by atoms with Crippen LogP contribution in [0.2, 0.25) is 0 Å². The van der Waals surface area contributed by atoms with Gasteiger partial charge in [-0.25, -0.2) is 0 Å². The van der Waals surface area contributed by atoms with Gasteiger partial charge < -0.3 is 0 Å². The van der Waals surface area contributed by atoms with Crippen molar-refractivity contribution in [3.05, 3.63) is 170 Å². The van der Waals surface area contributed by atoms with E-state index < -0.39 is 0 Å². The Morgan fingerprint density at radius 1 is 0.327 bits per heavy atom. The van der Waals surface area contributed by atoms with Gasteiger partial charge in [0, 0.05) is 43.3 Å². The normalized spacial score (nSPS) is 11.7. The monoisotopic (exact) mass is 640 g/mol. The topological polar surface area (TPSA) is 25.8 Å². The van der Waals surface area contributed by atoms with Gasteiger partial charge in [-0.15, -0.1) is 11.3 Å². The Hall–Kier alpha value is -6.16. The zero-order valence-electron chi connectivity index (χ0n) is 26.5. The first-order valence-corrected chi connectivity index (χ1v) is 17.4. The summed E-state index contributed by atoms with van der Waals surface area (Å²) in [5.41, 5.74) is 11.6. The second-order valence-electron chi connectivity index (χ2n) is 12.6. The van der Waals surface area contributed by atoms with Crippen molar-refractivity contribution in [2.75, 3.05) is 0 Å². The Balaban J connectivity index is 0.995. The molecule has 0 aliphatic carbocycles. The van der Waals surface area contributed by atoms with E-state index in [0.29, 0.717) is 0 Å². The maximum absolute atomic E-state index is 4.72. The summed E-state index contributed by atoms with van der Waals surface area (Å²) in [7, 11) is 0. The minimum absolute atomic E-state index is 0.944. The van der Waals surface area contributed by atoms with Crippen LogP contribution in [0.3, 0.4) is 0 Å². The van der Waals surface area contributed by atoms with Gasteiger partial charge in [-0.05, 0) is 79.5 Å². The van der Waals surface area contributed by atoms with Gasteiger partial charge in [-0.1, -0.05) is 133 Å². The van der Waals surface area contributed by atoms with Crippen molar-refractivity contribution in [2.24, 2.45) is 0 Å². The fraction of sp³-hybridized carbons (Fsp3) is 0. The Morgan fingerprint density at radius 3 is 1.57 bits per heavy atom. The van der Waals surface area contributed by atoms with Crippen LogP contribution in [0.5, 0.6) is 0 Å².